The lowest BCUT2D eigenvalue weighted by molar-refractivity contribution is 0.101. The van der Waals surface area contributed by atoms with Gasteiger partial charge >= 0.3 is 0 Å². The van der Waals surface area contributed by atoms with Crippen molar-refractivity contribution in [3.8, 4) is 17.7 Å². The van der Waals surface area contributed by atoms with Crippen molar-refractivity contribution >= 4 is 32.7 Å². The first-order valence-electron chi connectivity index (χ1n) is 8.10. The quantitative estimate of drug-likeness (QED) is 0.470. The minimum absolute atomic E-state index is 0.153. The maximum absolute atomic E-state index is 12.1. The minimum atomic E-state index is -0.153. The molecule has 0 aliphatic rings. The molecule has 7 nitrogen and oxygen atoms in total. The van der Waals surface area contributed by atoms with Crippen LogP contribution in [0.3, 0.4) is 0 Å². The molecule has 4 rings (SSSR count). The summed E-state index contributed by atoms with van der Waals surface area (Å²) in [7, 11) is 0. The molecule has 0 aliphatic heterocycles. The van der Waals surface area contributed by atoms with Crippen molar-refractivity contribution < 1.29 is 4.79 Å². The summed E-state index contributed by atoms with van der Waals surface area (Å²) in [5, 5.41) is 13.7. The van der Waals surface area contributed by atoms with Crippen molar-refractivity contribution in [2.75, 3.05) is 0 Å². The Kier molecular flexibility index (Phi) is 4.09. The van der Waals surface area contributed by atoms with Gasteiger partial charge in [-0.3, -0.25) is 9.36 Å². The van der Waals surface area contributed by atoms with Crippen LogP contribution < -0.4 is 0 Å². The van der Waals surface area contributed by atoms with Crippen LogP contribution in [-0.4, -0.2) is 30.1 Å². The third-order valence-corrected chi connectivity index (χ3v) is 4.64. The number of fused-ring (bicyclic) bond motifs is 1. The number of ketones is 1. The van der Waals surface area contributed by atoms with Gasteiger partial charge in [0, 0.05) is 4.47 Å². The smallest absolute Gasteiger partial charge is 0.168 e. The fourth-order valence-electron chi connectivity index (χ4n) is 2.91. The number of nitrogens with zero attached hydrogens (tertiary/aromatic N) is 6. The molecule has 3 heterocycles. The van der Waals surface area contributed by atoms with E-state index in [1.165, 1.54) is 11.6 Å². The lowest BCUT2D eigenvalue weighted by atomic mass is 10.2. The molecule has 0 fully saturated rings. The average Bonchev–Trinajstić information content (AvgIpc) is 3.23. The van der Waals surface area contributed by atoms with Gasteiger partial charge < -0.3 is 0 Å². The maximum Gasteiger partial charge on any atom is 0.168 e. The molecular weight excluding hydrogens is 408 g/mol. The topological polar surface area (TPSA) is 89.4 Å². The Hall–Kier alpha value is -3.31. The van der Waals surface area contributed by atoms with E-state index in [1.54, 1.807) is 31.5 Å². The van der Waals surface area contributed by atoms with Gasteiger partial charge in [-0.15, -0.1) is 0 Å². The van der Waals surface area contributed by atoms with Gasteiger partial charge in [0.15, 0.2) is 11.6 Å². The number of hydrogen-bond acceptors (Lipinski definition) is 5. The molecule has 0 aliphatic carbocycles. The zero-order chi connectivity index (χ0) is 19.1. The van der Waals surface area contributed by atoms with Crippen LogP contribution in [0.4, 0.5) is 0 Å². The molecule has 0 radical (unpaired) electrons. The third-order valence-electron chi connectivity index (χ3n) is 4.14. The van der Waals surface area contributed by atoms with E-state index >= 15 is 0 Å². The van der Waals surface area contributed by atoms with Gasteiger partial charge in [-0.1, -0.05) is 15.9 Å². The van der Waals surface area contributed by atoms with E-state index in [0.29, 0.717) is 28.6 Å². The van der Waals surface area contributed by atoms with Gasteiger partial charge in [0.1, 0.15) is 23.9 Å². The fourth-order valence-corrected chi connectivity index (χ4v) is 3.26. The highest BCUT2D eigenvalue weighted by molar-refractivity contribution is 9.10. The number of halogens is 1. The summed E-state index contributed by atoms with van der Waals surface area (Å²) >= 11 is 3.47. The van der Waals surface area contributed by atoms with Crippen LogP contribution in [0.15, 0.2) is 47.2 Å². The molecule has 0 atom stereocenters. The summed E-state index contributed by atoms with van der Waals surface area (Å²) in [4.78, 5) is 21.2. The zero-order valence-electron chi connectivity index (χ0n) is 14.5. The van der Waals surface area contributed by atoms with Gasteiger partial charge in [-0.05, 0) is 50.2 Å². The SMILES string of the molecule is CC(=O)c1ccc(-n2cnc3ccc(Br)cc32)nc1-n1nc(C)cc1C#N. The number of imidazole rings is 1. The summed E-state index contributed by atoms with van der Waals surface area (Å²) < 4.78 is 4.16. The Morgan fingerprint density at radius 1 is 1.22 bits per heavy atom. The largest absolute Gasteiger partial charge is 0.294 e. The van der Waals surface area contributed by atoms with E-state index in [9.17, 15) is 10.1 Å². The highest BCUT2D eigenvalue weighted by Crippen LogP contribution is 2.23. The molecule has 1 aromatic carbocycles. The monoisotopic (exact) mass is 420 g/mol. The van der Waals surface area contributed by atoms with Gasteiger partial charge in [0.2, 0.25) is 0 Å². The number of benzene rings is 1. The van der Waals surface area contributed by atoms with E-state index in [2.05, 4.69) is 37.1 Å². The highest BCUT2D eigenvalue weighted by Gasteiger charge is 2.18. The predicted octanol–water partition coefficient (Wildman–Crippen LogP) is 3.75. The molecule has 0 bridgehead atoms. The highest BCUT2D eigenvalue weighted by atomic mass is 79.9. The Balaban J connectivity index is 1.97. The fraction of sp³-hybridized carbons (Fsp3) is 0.105. The number of carbonyl (C=O) groups excluding carboxylic acids is 1. The summed E-state index contributed by atoms with van der Waals surface area (Å²) in [5.41, 5.74) is 3.08. The molecule has 0 amide bonds. The van der Waals surface area contributed by atoms with Crippen LogP contribution in [0.25, 0.3) is 22.7 Å². The van der Waals surface area contributed by atoms with Crippen molar-refractivity contribution in [1.82, 2.24) is 24.3 Å². The van der Waals surface area contributed by atoms with Gasteiger partial charge in [0.25, 0.3) is 0 Å². The molecule has 8 heteroatoms. The van der Waals surface area contributed by atoms with E-state index in [1.807, 2.05) is 22.8 Å². The lowest BCUT2D eigenvalue weighted by Crippen LogP contribution is -2.11. The van der Waals surface area contributed by atoms with E-state index in [4.69, 9.17) is 0 Å². The molecule has 0 unspecified atom stereocenters. The van der Waals surface area contributed by atoms with E-state index in [-0.39, 0.29) is 5.78 Å². The molecular formula is C19H13BrN6O. The molecule has 0 spiro atoms. The van der Waals surface area contributed by atoms with Gasteiger partial charge in [0.05, 0.1) is 22.3 Å². The normalized spacial score (nSPS) is 10.9. The van der Waals surface area contributed by atoms with Crippen LogP contribution in [0.1, 0.15) is 28.7 Å². The second kappa shape index (κ2) is 6.45. The molecule has 27 heavy (non-hydrogen) atoms. The van der Waals surface area contributed by atoms with Gasteiger partial charge in [-0.2, -0.15) is 10.4 Å². The van der Waals surface area contributed by atoms with Crippen molar-refractivity contribution in [2.45, 2.75) is 13.8 Å². The number of carbonyl (C=O) groups is 1. The van der Waals surface area contributed by atoms with Crippen LogP contribution >= 0.6 is 15.9 Å². The van der Waals surface area contributed by atoms with Crippen LogP contribution in [0.2, 0.25) is 0 Å². The number of nitriles is 1. The number of rotatable bonds is 3. The standard InChI is InChI=1S/C19H13BrN6O/c1-11-7-14(9-21)26(24-11)19-15(12(2)27)4-6-18(23-19)25-10-22-16-5-3-13(20)8-17(16)25/h3-8,10H,1-2H3. The van der Waals surface area contributed by atoms with Gasteiger partial charge in [-0.25, -0.2) is 14.6 Å². The summed E-state index contributed by atoms with van der Waals surface area (Å²) in [6.45, 7) is 3.25. The molecule has 0 saturated carbocycles. The number of Topliss-reactive ketones (excluding diaryl/α,β-unsaturated/α-hetero) is 1. The second-order valence-electron chi connectivity index (χ2n) is 6.04. The van der Waals surface area contributed by atoms with Crippen molar-refractivity contribution in [3.05, 3.63) is 64.1 Å². The first-order chi connectivity index (χ1) is 13.0. The first-order valence-corrected chi connectivity index (χ1v) is 8.89. The molecule has 3 aromatic heterocycles. The number of hydrogen-bond donors (Lipinski definition) is 0. The lowest BCUT2D eigenvalue weighted by Gasteiger charge is -2.11. The zero-order valence-corrected chi connectivity index (χ0v) is 16.1. The Morgan fingerprint density at radius 3 is 2.78 bits per heavy atom. The number of aryl methyl sites for hydroxylation is 1. The van der Waals surface area contributed by atoms with Crippen molar-refractivity contribution in [2.24, 2.45) is 0 Å². The number of aromatic nitrogens is 5. The van der Waals surface area contributed by atoms with Crippen molar-refractivity contribution in [3.63, 3.8) is 0 Å². The molecule has 4 aromatic rings. The molecule has 0 N–H and O–H groups in total. The summed E-state index contributed by atoms with van der Waals surface area (Å²) in [5.74, 6) is 0.744. The Bertz CT molecular complexity index is 1250. The van der Waals surface area contributed by atoms with Crippen molar-refractivity contribution in [1.29, 1.82) is 5.26 Å². The second-order valence-corrected chi connectivity index (χ2v) is 6.95. The van der Waals surface area contributed by atoms with Crippen LogP contribution in [-0.2, 0) is 0 Å². The minimum Gasteiger partial charge on any atom is -0.294 e. The Morgan fingerprint density at radius 2 is 2.04 bits per heavy atom. The third kappa shape index (κ3) is 2.92. The first kappa shape index (κ1) is 17.1. The average molecular weight is 421 g/mol. The van der Waals surface area contributed by atoms with Crippen LogP contribution in [0.5, 0.6) is 0 Å². The maximum atomic E-state index is 12.1. The predicted molar refractivity (Wildman–Crippen MR) is 103 cm³/mol. The Labute approximate surface area is 163 Å². The molecule has 132 valence electrons. The van der Waals surface area contributed by atoms with E-state index < -0.39 is 0 Å². The molecule has 0 saturated heterocycles. The summed E-state index contributed by atoms with van der Waals surface area (Å²) in [6.07, 6.45) is 1.68. The number of pyridine rings is 1. The van der Waals surface area contributed by atoms with E-state index in [0.717, 1.165) is 15.5 Å². The van der Waals surface area contributed by atoms with Crippen LogP contribution in [0, 0.1) is 18.3 Å². The summed E-state index contributed by atoms with van der Waals surface area (Å²) in [6, 6.07) is 13.0.